The van der Waals surface area contributed by atoms with Gasteiger partial charge in [0.15, 0.2) is 6.61 Å². The third-order valence-corrected chi connectivity index (χ3v) is 8.82. The van der Waals surface area contributed by atoms with Crippen molar-refractivity contribution in [1.29, 1.82) is 0 Å². The number of carbonyl (C=O) groups is 4. The number of carbonyl (C=O) groups excluding carboxylic acids is 4. The van der Waals surface area contributed by atoms with Crippen molar-refractivity contribution in [3.63, 3.8) is 0 Å². The molecule has 3 amide bonds. The maximum Gasteiger partial charge on any atom is 0.326 e. The number of halogens is 4. The van der Waals surface area contributed by atoms with E-state index in [1.165, 1.54) is 0 Å². The van der Waals surface area contributed by atoms with Crippen LogP contribution in [0.2, 0.25) is 5.02 Å². The summed E-state index contributed by atoms with van der Waals surface area (Å²) in [7, 11) is 0. The fourth-order valence-corrected chi connectivity index (χ4v) is 5.08. The van der Waals surface area contributed by atoms with E-state index in [1.54, 1.807) is 18.2 Å². The third kappa shape index (κ3) is 5.21. The minimum atomic E-state index is -0.819. The summed E-state index contributed by atoms with van der Waals surface area (Å²) in [6.07, 6.45) is 1.05. The minimum absolute atomic E-state index is 0.0863. The Hall–Kier alpha value is -0.970. The van der Waals surface area contributed by atoms with Gasteiger partial charge in [0.05, 0.1) is 16.9 Å². The van der Waals surface area contributed by atoms with Crippen LogP contribution in [0, 0.1) is 11.8 Å². The third-order valence-electron chi connectivity index (χ3n) is 4.86. The molecule has 0 spiro atoms. The number of hydrogen-bond acceptors (Lipinski definition) is 5. The first-order chi connectivity index (χ1) is 13.7. The van der Waals surface area contributed by atoms with Crippen LogP contribution in [0.1, 0.15) is 12.8 Å². The number of imide groups is 1. The van der Waals surface area contributed by atoms with Gasteiger partial charge in [-0.3, -0.25) is 24.1 Å². The van der Waals surface area contributed by atoms with E-state index in [4.69, 9.17) is 16.3 Å². The Bertz CT molecular complexity index is 840. The Labute approximate surface area is 197 Å². The summed E-state index contributed by atoms with van der Waals surface area (Å²) in [5.41, 5.74) is 0.446. The highest BCUT2D eigenvalue weighted by Crippen LogP contribution is 2.43. The highest BCUT2D eigenvalue weighted by Gasteiger charge is 2.52. The van der Waals surface area contributed by atoms with Crippen molar-refractivity contribution in [2.75, 3.05) is 18.5 Å². The first-order valence-electron chi connectivity index (χ1n) is 8.71. The normalized spacial score (nSPS) is 26.3. The lowest BCUT2D eigenvalue weighted by Gasteiger charge is -2.29. The van der Waals surface area contributed by atoms with E-state index >= 15 is 0 Å². The Morgan fingerprint density at radius 3 is 2.28 bits per heavy atom. The fourth-order valence-electron chi connectivity index (χ4n) is 3.41. The van der Waals surface area contributed by atoms with Crippen molar-refractivity contribution in [3.8, 4) is 0 Å². The molecule has 0 bridgehead atoms. The fraction of sp³-hybridized carbons (Fsp3) is 0.444. The standard InChI is InChI=1S/C18H16Br3ClN2O5/c19-11-2-1-8(3-14(11)22)23-15(25)7-29-16(26)6-24-17(27)9-4-12(20)13(21)5-10(9)18(24)28/h1-3,9-10,12-13H,4-7H2,(H,23,25)/t9-,10+,12-,13-/m0/s1. The van der Waals surface area contributed by atoms with Gasteiger partial charge in [-0.1, -0.05) is 43.5 Å². The molecule has 0 aromatic heterocycles. The second kappa shape index (κ2) is 9.45. The van der Waals surface area contributed by atoms with E-state index in [2.05, 4.69) is 53.1 Å². The van der Waals surface area contributed by atoms with Gasteiger partial charge in [0.25, 0.3) is 5.91 Å². The Morgan fingerprint density at radius 1 is 1.14 bits per heavy atom. The summed E-state index contributed by atoms with van der Waals surface area (Å²) in [4.78, 5) is 50.2. The molecule has 7 nitrogen and oxygen atoms in total. The van der Waals surface area contributed by atoms with E-state index in [1.807, 2.05) is 0 Å². The first-order valence-corrected chi connectivity index (χ1v) is 11.7. The number of anilines is 1. The summed E-state index contributed by atoms with van der Waals surface area (Å²) in [6, 6.07) is 4.85. The summed E-state index contributed by atoms with van der Waals surface area (Å²) in [5.74, 6) is -2.98. The summed E-state index contributed by atoms with van der Waals surface area (Å²) in [5, 5.41) is 2.97. The number of likely N-dealkylation sites (tertiary alicyclic amines) is 1. The van der Waals surface area contributed by atoms with Gasteiger partial charge in [-0.15, -0.1) is 0 Å². The van der Waals surface area contributed by atoms with Crippen LogP contribution in [0.5, 0.6) is 0 Å². The van der Waals surface area contributed by atoms with Crippen molar-refractivity contribution in [2.45, 2.75) is 22.5 Å². The van der Waals surface area contributed by atoms with E-state index in [0.29, 0.717) is 28.0 Å². The molecule has 1 aliphatic heterocycles. The van der Waals surface area contributed by atoms with E-state index in [9.17, 15) is 19.2 Å². The van der Waals surface area contributed by atoms with Gasteiger partial charge >= 0.3 is 5.97 Å². The van der Waals surface area contributed by atoms with Gasteiger partial charge in [-0.05, 0) is 47.0 Å². The van der Waals surface area contributed by atoms with Gasteiger partial charge in [-0.25, -0.2) is 0 Å². The molecule has 1 N–H and O–H groups in total. The van der Waals surface area contributed by atoms with Crippen LogP contribution in [-0.2, 0) is 23.9 Å². The summed E-state index contributed by atoms with van der Waals surface area (Å²) in [6.45, 7) is -1.04. The smallest absolute Gasteiger partial charge is 0.326 e. The second-order valence-electron chi connectivity index (χ2n) is 6.82. The molecule has 1 saturated carbocycles. The van der Waals surface area contributed by atoms with Gasteiger partial charge < -0.3 is 10.1 Å². The number of nitrogens with zero attached hydrogens (tertiary/aromatic N) is 1. The predicted molar refractivity (Wildman–Crippen MR) is 117 cm³/mol. The van der Waals surface area contributed by atoms with Crippen LogP contribution in [0.4, 0.5) is 5.69 Å². The number of esters is 1. The zero-order chi connectivity index (χ0) is 21.3. The maximum absolute atomic E-state index is 12.5. The number of amides is 3. The number of hydrogen-bond donors (Lipinski definition) is 1. The van der Waals surface area contributed by atoms with Crippen LogP contribution in [-0.4, -0.2) is 51.4 Å². The molecule has 1 aromatic rings. The molecule has 1 saturated heterocycles. The van der Waals surface area contributed by atoms with Crippen molar-refractivity contribution in [3.05, 3.63) is 27.7 Å². The molecule has 2 aliphatic rings. The molecular formula is C18H16Br3ClN2O5. The molecular weight excluding hydrogens is 599 g/mol. The largest absolute Gasteiger partial charge is 0.454 e. The van der Waals surface area contributed by atoms with Crippen LogP contribution in [0.25, 0.3) is 0 Å². The molecule has 1 heterocycles. The monoisotopic (exact) mass is 612 g/mol. The first kappa shape index (κ1) is 22.7. The molecule has 11 heteroatoms. The second-order valence-corrected chi connectivity index (χ2v) is 10.4. The van der Waals surface area contributed by atoms with Crippen LogP contribution < -0.4 is 5.32 Å². The number of ether oxygens (including phenoxy) is 1. The lowest BCUT2D eigenvalue weighted by atomic mass is 9.81. The summed E-state index contributed by atoms with van der Waals surface area (Å²) < 4.78 is 5.61. The maximum atomic E-state index is 12.5. The molecule has 0 unspecified atom stereocenters. The van der Waals surface area contributed by atoms with Crippen LogP contribution in [0.3, 0.4) is 0 Å². The molecule has 156 valence electrons. The lowest BCUT2D eigenvalue weighted by Crippen LogP contribution is -2.37. The molecule has 2 fully saturated rings. The zero-order valence-corrected chi connectivity index (χ0v) is 20.4. The van der Waals surface area contributed by atoms with Crippen molar-refractivity contribution < 1.29 is 23.9 Å². The minimum Gasteiger partial charge on any atom is -0.454 e. The molecule has 1 aromatic carbocycles. The molecule has 4 atom stereocenters. The number of alkyl halides is 2. The predicted octanol–water partition coefficient (Wildman–Crippen LogP) is 3.51. The van der Waals surface area contributed by atoms with Crippen molar-refractivity contribution in [1.82, 2.24) is 4.90 Å². The molecule has 1 aliphatic carbocycles. The number of fused-ring (bicyclic) bond motifs is 1. The SMILES string of the molecule is O=C(COC(=O)CN1C(=O)[C@H]2C[C@H](Br)[C@@H](Br)C[C@H]2C1=O)Nc1ccc(Br)c(Cl)c1. The summed E-state index contributed by atoms with van der Waals surface area (Å²) >= 11 is 16.2. The van der Waals surface area contributed by atoms with Gasteiger partial charge in [-0.2, -0.15) is 0 Å². The highest BCUT2D eigenvalue weighted by molar-refractivity contribution is 9.12. The average molecular weight is 616 g/mol. The molecule has 3 rings (SSSR count). The van der Waals surface area contributed by atoms with E-state index in [-0.39, 0.29) is 21.5 Å². The number of rotatable bonds is 5. The van der Waals surface area contributed by atoms with E-state index in [0.717, 1.165) is 4.90 Å². The van der Waals surface area contributed by atoms with E-state index < -0.39 is 36.9 Å². The Morgan fingerprint density at radius 2 is 1.72 bits per heavy atom. The zero-order valence-electron chi connectivity index (χ0n) is 14.9. The van der Waals surface area contributed by atoms with Crippen molar-refractivity contribution >= 4 is 88.8 Å². The molecule has 29 heavy (non-hydrogen) atoms. The number of benzene rings is 1. The number of nitrogens with one attached hydrogen (secondary N) is 1. The van der Waals surface area contributed by atoms with Crippen LogP contribution in [0.15, 0.2) is 22.7 Å². The van der Waals surface area contributed by atoms with Gasteiger partial charge in [0, 0.05) is 19.8 Å². The average Bonchev–Trinajstić information content (AvgIpc) is 2.88. The topological polar surface area (TPSA) is 92.8 Å². The van der Waals surface area contributed by atoms with Crippen LogP contribution >= 0.6 is 59.4 Å². The lowest BCUT2D eigenvalue weighted by molar-refractivity contribution is -0.154. The van der Waals surface area contributed by atoms with Gasteiger partial charge in [0.1, 0.15) is 6.54 Å². The van der Waals surface area contributed by atoms with Gasteiger partial charge in [0.2, 0.25) is 11.8 Å². The highest BCUT2D eigenvalue weighted by atomic mass is 79.9. The Kier molecular flexibility index (Phi) is 7.40. The van der Waals surface area contributed by atoms with Crippen molar-refractivity contribution in [2.24, 2.45) is 11.8 Å². The Balaban J connectivity index is 1.51. The molecule has 0 radical (unpaired) electrons. The quantitative estimate of drug-likeness (QED) is 0.311.